The molecule has 0 spiro atoms. The van der Waals surface area contributed by atoms with Crippen molar-refractivity contribution in [3.63, 3.8) is 0 Å². The van der Waals surface area contributed by atoms with Crippen molar-refractivity contribution in [1.29, 1.82) is 0 Å². The maximum Gasteiger partial charge on any atom is 0.410 e. The van der Waals surface area contributed by atoms with Crippen molar-refractivity contribution in [3.8, 4) is 0 Å². The molecule has 2 heterocycles. The van der Waals surface area contributed by atoms with Crippen molar-refractivity contribution in [3.05, 3.63) is 12.3 Å². The molecule has 0 N–H and O–H groups in total. The molecule has 18 heavy (non-hydrogen) atoms. The standard InChI is InChI=1S/C12H19N3O3/c1-12(2,3)18-11(16)15-7-5-4-6-9(15)10-14-13-8-17-10/h8-9H,4-7H2,1-3H3. The molecule has 1 saturated heterocycles. The lowest BCUT2D eigenvalue weighted by molar-refractivity contribution is 0.00608. The Morgan fingerprint density at radius 2 is 2.28 bits per heavy atom. The van der Waals surface area contributed by atoms with Crippen LogP contribution in [0.4, 0.5) is 4.79 Å². The van der Waals surface area contributed by atoms with E-state index in [0.29, 0.717) is 12.4 Å². The Balaban J connectivity index is 2.11. The van der Waals surface area contributed by atoms with E-state index in [4.69, 9.17) is 9.15 Å². The van der Waals surface area contributed by atoms with E-state index in [1.165, 1.54) is 6.39 Å². The van der Waals surface area contributed by atoms with Crippen molar-refractivity contribution in [1.82, 2.24) is 15.1 Å². The summed E-state index contributed by atoms with van der Waals surface area (Å²) >= 11 is 0. The number of hydrogen-bond donors (Lipinski definition) is 0. The van der Waals surface area contributed by atoms with Gasteiger partial charge in [-0.3, -0.25) is 4.90 Å². The molecule has 1 amide bonds. The molecule has 1 atom stereocenters. The first-order valence-electron chi connectivity index (χ1n) is 6.23. The van der Waals surface area contributed by atoms with Crippen molar-refractivity contribution >= 4 is 6.09 Å². The van der Waals surface area contributed by atoms with Gasteiger partial charge in [-0.15, -0.1) is 10.2 Å². The fourth-order valence-corrected chi connectivity index (χ4v) is 2.05. The number of likely N-dealkylation sites (tertiary alicyclic amines) is 1. The first-order valence-corrected chi connectivity index (χ1v) is 6.23. The Labute approximate surface area is 106 Å². The molecule has 1 fully saturated rings. The van der Waals surface area contributed by atoms with Gasteiger partial charge in [-0.25, -0.2) is 4.79 Å². The number of carbonyl (C=O) groups is 1. The van der Waals surface area contributed by atoms with Crippen LogP contribution in [0.1, 0.15) is 52.0 Å². The van der Waals surface area contributed by atoms with Gasteiger partial charge in [-0.05, 0) is 40.0 Å². The first-order chi connectivity index (χ1) is 8.47. The van der Waals surface area contributed by atoms with Crippen LogP contribution in [0.3, 0.4) is 0 Å². The number of carbonyl (C=O) groups excluding carboxylic acids is 1. The van der Waals surface area contributed by atoms with E-state index in [1.807, 2.05) is 20.8 Å². The van der Waals surface area contributed by atoms with E-state index < -0.39 is 5.60 Å². The predicted octanol–water partition coefficient (Wildman–Crippen LogP) is 2.53. The molecule has 6 heteroatoms. The molecule has 1 aromatic rings. The quantitative estimate of drug-likeness (QED) is 0.769. The summed E-state index contributed by atoms with van der Waals surface area (Å²) in [6.07, 6.45) is 3.83. The molecule has 0 aromatic carbocycles. The lowest BCUT2D eigenvalue weighted by Gasteiger charge is -2.34. The van der Waals surface area contributed by atoms with Gasteiger partial charge in [0.05, 0.1) is 0 Å². The molecule has 1 aliphatic rings. The van der Waals surface area contributed by atoms with E-state index in [-0.39, 0.29) is 12.1 Å². The SMILES string of the molecule is CC(C)(C)OC(=O)N1CCCCC1c1nnco1. The third-order valence-corrected chi connectivity index (χ3v) is 2.79. The zero-order chi connectivity index (χ0) is 13.2. The van der Waals surface area contributed by atoms with Crippen LogP contribution in [0.15, 0.2) is 10.8 Å². The molecule has 100 valence electrons. The summed E-state index contributed by atoms with van der Waals surface area (Å²) < 4.78 is 10.6. The number of nitrogens with zero attached hydrogens (tertiary/aromatic N) is 3. The summed E-state index contributed by atoms with van der Waals surface area (Å²) in [5.74, 6) is 0.487. The zero-order valence-electron chi connectivity index (χ0n) is 11.0. The number of ether oxygens (including phenoxy) is 1. The third kappa shape index (κ3) is 3.00. The van der Waals surface area contributed by atoms with Gasteiger partial charge in [0.25, 0.3) is 0 Å². The highest BCUT2D eigenvalue weighted by atomic mass is 16.6. The molecule has 1 unspecified atom stereocenters. The summed E-state index contributed by atoms with van der Waals surface area (Å²) in [6, 6.07) is -0.156. The second-order valence-electron chi connectivity index (χ2n) is 5.46. The van der Waals surface area contributed by atoms with Gasteiger partial charge in [0.1, 0.15) is 11.6 Å². The van der Waals surface area contributed by atoms with Crippen LogP contribution in [-0.2, 0) is 4.74 Å². The van der Waals surface area contributed by atoms with Gasteiger partial charge in [0.2, 0.25) is 12.3 Å². The van der Waals surface area contributed by atoms with Gasteiger partial charge in [0.15, 0.2) is 0 Å². The Morgan fingerprint density at radius 1 is 1.50 bits per heavy atom. The van der Waals surface area contributed by atoms with Crippen LogP contribution < -0.4 is 0 Å². The number of amides is 1. The van der Waals surface area contributed by atoms with Crippen LogP contribution in [-0.4, -0.2) is 33.3 Å². The monoisotopic (exact) mass is 253 g/mol. The lowest BCUT2D eigenvalue weighted by Crippen LogP contribution is -2.42. The highest BCUT2D eigenvalue weighted by Crippen LogP contribution is 2.30. The zero-order valence-corrected chi connectivity index (χ0v) is 11.0. The molecule has 0 bridgehead atoms. The van der Waals surface area contributed by atoms with E-state index in [9.17, 15) is 4.79 Å². The molecular weight excluding hydrogens is 234 g/mol. The highest BCUT2D eigenvalue weighted by molar-refractivity contribution is 5.68. The number of rotatable bonds is 1. The largest absolute Gasteiger partial charge is 0.444 e. The van der Waals surface area contributed by atoms with Gasteiger partial charge in [0, 0.05) is 6.54 Å². The highest BCUT2D eigenvalue weighted by Gasteiger charge is 2.34. The predicted molar refractivity (Wildman–Crippen MR) is 63.8 cm³/mol. The second kappa shape index (κ2) is 4.96. The average Bonchev–Trinajstić information content (AvgIpc) is 2.80. The Kier molecular flexibility index (Phi) is 3.54. The van der Waals surface area contributed by atoms with Crippen LogP contribution >= 0.6 is 0 Å². The first kappa shape index (κ1) is 12.9. The van der Waals surface area contributed by atoms with Gasteiger partial charge >= 0.3 is 6.09 Å². The topological polar surface area (TPSA) is 68.5 Å². The molecule has 1 aromatic heterocycles. The molecular formula is C12H19N3O3. The summed E-state index contributed by atoms with van der Waals surface area (Å²) in [5, 5.41) is 7.57. The number of aromatic nitrogens is 2. The molecule has 6 nitrogen and oxygen atoms in total. The van der Waals surface area contributed by atoms with Crippen LogP contribution in [0.5, 0.6) is 0 Å². The smallest absolute Gasteiger partial charge is 0.410 e. The molecule has 0 aliphatic carbocycles. The number of piperidine rings is 1. The van der Waals surface area contributed by atoms with E-state index in [0.717, 1.165) is 19.3 Å². The van der Waals surface area contributed by atoms with Crippen molar-refractivity contribution in [2.24, 2.45) is 0 Å². The van der Waals surface area contributed by atoms with Gasteiger partial charge < -0.3 is 9.15 Å². The summed E-state index contributed by atoms with van der Waals surface area (Å²) in [4.78, 5) is 13.8. The number of hydrogen-bond acceptors (Lipinski definition) is 5. The minimum absolute atomic E-state index is 0.156. The van der Waals surface area contributed by atoms with Gasteiger partial charge in [-0.2, -0.15) is 0 Å². The Morgan fingerprint density at radius 3 is 2.89 bits per heavy atom. The summed E-state index contributed by atoms with van der Waals surface area (Å²) in [5.41, 5.74) is -0.492. The molecule has 2 rings (SSSR count). The maximum atomic E-state index is 12.1. The fraction of sp³-hybridized carbons (Fsp3) is 0.750. The van der Waals surface area contributed by atoms with E-state index >= 15 is 0 Å². The van der Waals surface area contributed by atoms with Crippen LogP contribution in [0.2, 0.25) is 0 Å². The van der Waals surface area contributed by atoms with Crippen LogP contribution in [0, 0.1) is 0 Å². The second-order valence-corrected chi connectivity index (χ2v) is 5.46. The Bertz CT molecular complexity index is 397. The summed E-state index contributed by atoms with van der Waals surface area (Å²) in [7, 11) is 0. The molecule has 0 saturated carbocycles. The normalized spacial score (nSPS) is 20.8. The van der Waals surface area contributed by atoms with Crippen LogP contribution in [0.25, 0.3) is 0 Å². The molecule has 1 aliphatic heterocycles. The maximum absolute atomic E-state index is 12.1. The summed E-state index contributed by atoms with van der Waals surface area (Å²) in [6.45, 7) is 6.24. The molecule has 0 radical (unpaired) electrons. The average molecular weight is 253 g/mol. The third-order valence-electron chi connectivity index (χ3n) is 2.79. The van der Waals surface area contributed by atoms with Crippen molar-refractivity contribution < 1.29 is 13.9 Å². The van der Waals surface area contributed by atoms with Gasteiger partial charge in [-0.1, -0.05) is 0 Å². The van der Waals surface area contributed by atoms with E-state index in [1.54, 1.807) is 4.90 Å². The lowest BCUT2D eigenvalue weighted by atomic mass is 10.0. The Hall–Kier alpha value is -1.59. The van der Waals surface area contributed by atoms with E-state index in [2.05, 4.69) is 10.2 Å². The minimum Gasteiger partial charge on any atom is -0.444 e. The van der Waals surface area contributed by atoms with Crippen molar-refractivity contribution in [2.45, 2.75) is 51.7 Å². The van der Waals surface area contributed by atoms with Crippen molar-refractivity contribution in [2.75, 3.05) is 6.54 Å². The fourth-order valence-electron chi connectivity index (χ4n) is 2.05. The minimum atomic E-state index is -0.492.